The summed E-state index contributed by atoms with van der Waals surface area (Å²) in [5, 5.41) is 8.34. The second kappa shape index (κ2) is 5.54. The molecule has 0 saturated carbocycles. The van der Waals surface area contributed by atoms with Gasteiger partial charge in [-0.05, 0) is 31.8 Å². The molecular weight excluding hydrogens is 254 g/mol. The van der Waals surface area contributed by atoms with Gasteiger partial charge in [0, 0.05) is 25.4 Å². The van der Waals surface area contributed by atoms with Gasteiger partial charge in [0.1, 0.15) is 0 Å². The number of hydrogen-bond donors (Lipinski definition) is 2. The number of primary sulfonamides is 1. The average molecular weight is 275 g/mol. The molecule has 0 aromatic carbocycles. The molecule has 2 saturated heterocycles. The molecule has 0 bridgehead atoms. The van der Waals surface area contributed by atoms with Gasteiger partial charge in [0.25, 0.3) is 0 Å². The largest absolute Gasteiger partial charge is 0.342 e. The molecule has 18 heavy (non-hydrogen) atoms. The van der Waals surface area contributed by atoms with Gasteiger partial charge in [-0.2, -0.15) is 0 Å². The number of nitrogens with zero attached hydrogens (tertiary/aromatic N) is 1. The molecular formula is C11H21N3O3S. The predicted molar refractivity (Wildman–Crippen MR) is 68.3 cm³/mol. The zero-order valence-corrected chi connectivity index (χ0v) is 11.3. The van der Waals surface area contributed by atoms with Crippen molar-refractivity contribution in [2.24, 2.45) is 17.0 Å². The summed E-state index contributed by atoms with van der Waals surface area (Å²) in [6.45, 7) is 3.28. The van der Waals surface area contributed by atoms with Crippen molar-refractivity contribution in [3.05, 3.63) is 0 Å². The van der Waals surface area contributed by atoms with Crippen LogP contribution in [0.15, 0.2) is 0 Å². The summed E-state index contributed by atoms with van der Waals surface area (Å²) < 4.78 is 22.1. The summed E-state index contributed by atoms with van der Waals surface area (Å²) in [5.74, 6) is 0.340. The molecule has 7 heteroatoms. The van der Waals surface area contributed by atoms with Crippen molar-refractivity contribution >= 4 is 15.9 Å². The van der Waals surface area contributed by atoms with Crippen LogP contribution in [0.5, 0.6) is 0 Å². The Kier molecular flexibility index (Phi) is 4.24. The summed E-state index contributed by atoms with van der Waals surface area (Å²) >= 11 is 0. The van der Waals surface area contributed by atoms with E-state index in [9.17, 15) is 13.2 Å². The van der Waals surface area contributed by atoms with Gasteiger partial charge < -0.3 is 10.2 Å². The average Bonchev–Trinajstić information content (AvgIpc) is 2.58. The minimum atomic E-state index is -3.48. The van der Waals surface area contributed by atoms with E-state index in [4.69, 9.17) is 5.14 Å². The van der Waals surface area contributed by atoms with E-state index in [1.165, 1.54) is 0 Å². The molecule has 0 spiro atoms. The van der Waals surface area contributed by atoms with Crippen LogP contribution < -0.4 is 10.5 Å². The third-order valence-corrected chi connectivity index (χ3v) is 4.58. The number of carbonyl (C=O) groups is 1. The molecule has 0 radical (unpaired) electrons. The van der Waals surface area contributed by atoms with Gasteiger partial charge in [0.2, 0.25) is 15.9 Å². The first kappa shape index (κ1) is 13.8. The molecule has 2 heterocycles. The Morgan fingerprint density at radius 3 is 2.78 bits per heavy atom. The molecule has 104 valence electrons. The Morgan fingerprint density at radius 2 is 2.17 bits per heavy atom. The van der Waals surface area contributed by atoms with Crippen LogP contribution in [0.1, 0.15) is 19.3 Å². The third-order valence-electron chi connectivity index (χ3n) is 3.64. The fourth-order valence-electron chi connectivity index (χ4n) is 2.86. The molecule has 0 aliphatic carbocycles. The normalized spacial score (nSPS) is 29.8. The van der Waals surface area contributed by atoms with Gasteiger partial charge in [0.05, 0.1) is 5.75 Å². The van der Waals surface area contributed by atoms with Crippen LogP contribution in [0.3, 0.4) is 0 Å². The Labute approximate surface area is 108 Å². The van der Waals surface area contributed by atoms with Gasteiger partial charge in [0.15, 0.2) is 0 Å². The van der Waals surface area contributed by atoms with Crippen LogP contribution in [-0.4, -0.2) is 51.2 Å². The molecule has 2 rings (SSSR count). The van der Waals surface area contributed by atoms with Crippen LogP contribution in [0.4, 0.5) is 0 Å². The summed E-state index contributed by atoms with van der Waals surface area (Å²) in [6.07, 6.45) is 2.60. The molecule has 2 fully saturated rings. The number of nitrogens with two attached hydrogens (primary N) is 1. The predicted octanol–water partition coefficient (Wildman–Crippen LogP) is -0.877. The van der Waals surface area contributed by atoms with Crippen molar-refractivity contribution < 1.29 is 13.2 Å². The van der Waals surface area contributed by atoms with Gasteiger partial charge in [-0.3, -0.25) is 4.79 Å². The highest BCUT2D eigenvalue weighted by molar-refractivity contribution is 7.89. The van der Waals surface area contributed by atoms with Crippen molar-refractivity contribution in [2.75, 3.05) is 31.9 Å². The monoisotopic (exact) mass is 275 g/mol. The van der Waals surface area contributed by atoms with E-state index in [0.717, 1.165) is 32.5 Å². The number of piperidine rings is 1. The van der Waals surface area contributed by atoms with E-state index in [2.05, 4.69) is 5.32 Å². The van der Waals surface area contributed by atoms with E-state index < -0.39 is 10.0 Å². The van der Waals surface area contributed by atoms with E-state index in [-0.39, 0.29) is 17.6 Å². The lowest BCUT2D eigenvalue weighted by molar-refractivity contribution is -0.128. The molecule has 0 aromatic heterocycles. The first-order valence-corrected chi connectivity index (χ1v) is 8.14. The van der Waals surface area contributed by atoms with E-state index >= 15 is 0 Å². The van der Waals surface area contributed by atoms with Gasteiger partial charge in [-0.15, -0.1) is 0 Å². The second-order valence-corrected chi connectivity index (χ2v) is 7.07. The highest BCUT2D eigenvalue weighted by atomic mass is 32.2. The standard InChI is InChI=1S/C11H21N3O3S/c12-18(16,17)8-10-4-11(15)14(7-10)6-9-2-1-3-13-5-9/h9-10,13H,1-8H2,(H2,12,16,17). The number of nitrogens with one attached hydrogen (secondary N) is 1. The fraction of sp³-hybridized carbons (Fsp3) is 0.909. The first-order chi connectivity index (χ1) is 8.44. The minimum absolute atomic E-state index is 0.0641. The molecule has 6 nitrogen and oxygen atoms in total. The molecule has 0 aromatic rings. The van der Waals surface area contributed by atoms with Crippen LogP contribution in [-0.2, 0) is 14.8 Å². The number of sulfonamides is 1. The molecule has 2 atom stereocenters. The Hall–Kier alpha value is -0.660. The summed E-state index contributed by atoms with van der Waals surface area (Å²) in [5.41, 5.74) is 0. The highest BCUT2D eigenvalue weighted by Gasteiger charge is 2.33. The smallest absolute Gasteiger partial charge is 0.222 e. The molecule has 2 unspecified atom stereocenters. The van der Waals surface area contributed by atoms with Gasteiger partial charge >= 0.3 is 0 Å². The third kappa shape index (κ3) is 3.93. The topological polar surface area (TPSA) is 92.5 Å². The van der Waals surface area contributed by atoms with Crippen LogP contribution in [0.2, 0.25) is 0 Å². The maximum Gasteiger partial charge on any atom is 0.222 e. The summed E-state index contributed by atoms with van der Waals surface area (Å²) in [7, 11) is -3.48. The maximum absolute atomic E-state index is 11.8. The van der Waals surface area contributed by atoms with E-state index in [1.54, 1.807) is 4.90 Å². The van der Waals surface area contributed by atoms with Crippen LogP contribution >= 0.6 is 0 Å². The minimum Gasteiger partial charge on any atom is -0.342 e. The van der Waals surface area contributed by atoms with E-state index in [1.807, 2.05) is 0 Å². The number of amides is 1. The van der Waals surface area contributed by atoms with Gasteiger partial charge in [-0.1, -0.05) is 0 Å². The van der Waals surface area contributed by atoms with E-state index in [0.29, 0.717) is 18.9 Å². The molecule has 3 N–H and O–H groups in total. The Bertz CT molecular complexity index is 404. The zero-order valence-electron chi connectivity index (χ0n) is 10.5. The fourth-order valence-corrected chi connectivity index (χ4v) is 3.74. The highest BCUT2D eigenvalue weighted by Crippen LogP contribution is 2.21. The summed E-state index contributed by atoms with van der Waals surface area (Å²) in [6, 6.07) is 0. The lowest BCUT2D eigenvalue weighted by atomic mass is 9.99. The van der Waals surface area contributed by atoms with Crippen molar-refractivity contribution in [3.8, 4) is 0 Å². The van der Waals surface area contributed by atoms with Crippen molar-refractivity contribution in [1.82, 2.24) is 10.2 Å². The Morgan fingerprint density at radius 1 is 1.39 bits per heavy atom. The lowest BCUT2D eigenvalue weighted by Crippen LogP contribution is -2.39. The number of hydrogen-bond acceptors (Lipinski definition) is 4. The molecule has 2 aliphatic rings. The lowest BCUT2D eigenvalue weighted by Gasteiger charge is -2.27. The van der Waals surface area contributed by atoms with Crippen molar-refractivity contribution in [1.29, 1.82) is 0 Å². The SMILES string of the molecule is NS(=O)(=O)CC1CC(=O)N(CC2CCCNC2)C1. The zero-order chi connectivity index (χ0) is 13.2. The second-order valence-electron chi connectivity index (χ2n) is 5.41. The maximum atomic E-state index is 11.8. The van der Waals surface area contributed by atoms with Crippen LogP contribution in [0.25, 0.3) is 0 Å². The number of rotatable bonds is 4. The quantitative estimate of drug-likeness (QED) is 0.697. The number of likely N-dealkylation sites (tertiary alicyclic amines) is 1. The first-order valence-electron chi connectivity index (χ1n) is 6.43. The number of carbonyl (C=O) groups excluding carboxylic acids is 1. The molecule has 1 amide bonds. The Balaban J connectivity index is 1.85. The molecule has 2 aliphatic heterocycles. The van der Waals surface area contributed by atoms with Gasteiger partial charge in [-0.25, -0.2) is 13.6 Å². The van der Waals surface area contributed by atoms with Crippen molar-refractivity contribution in [3.63, 3.8) is 0 Å². The van der Waals surface area contributed by atoms with Crippen LogP contribution in [0, 0.1) is 11.8 Å². The summed E-state index contributed by atoms with van der Waals surface area (Å²) in [4.78, 5) is 13.6. The van der Waals surface area contributed by atoms with Crippen molar-refractivity contribution in [2.45, 2.75) is 19.3 Å².